The molecule has 0 aliphatic carbocycles. The van der Waals surface area contributed by atoms with Crippen LogP contribution in [0.3, 0.4) is 0 Å². The molecule has 6 heteroatoms. The maximum Gasteiger partial charge on any atom is 0.175 e. The van der Waals surface area contributed by atoms with Gasteiger partial charge in [0.1, 0.15) is 0 Å². The summed E-state index contributed by atoms with van der Waals surface area (Å²) in [4.78, 5) is 0.182. The van der Waals surface area contributed by atoms with E-state index >= 15 is 0 Å². The fourth-order valence-electron chi connectivity index (χ4n) is 1.97. The molecule has 0 heterocycles. The fraction of sp³-hybridized carbons (Fsp3) is 0.200. The van der Waals surface area contributed by atoms with E-state index < -0.39 is 15.9 Å². The molecule has 0 bridgehead atoms. The zero-order valence-electron chi connectivity index (χ0n) is 11.3. The molecule has 0 amide bonds. The van der Waals surface area contributed by atoms with Gasteiger partial charge in [0.15, 0.2) is 9.84 Å². The van der Waals surface area contributed by atoms with Gasteiger partial charge in [-0.15, -0.1) is 0 Å². The Bertz CT molecular complexity index is 757. The van der Waals surface area contributed by atoms with E-state index in [1.165, 1.54) is 12.1 Å². The molecule has 2 aromatic carbocycles. The van der Waals surface area contributed by atoms with Crippen molar-refractivity contribution in [2.45, 2.75) is 17.4 Å². The zero-order chi connectivity index (χ0) is 15.6. The molecule has 0 saturated heterocycles. The van der Waals surface area contributed by atoms with Gasteiger partial charge < -0.3 is 5.11 Å². The Hall–Kier alpha value is -1.07. The number of sulfone groups is 1. The Balaban J connectivity index is 2.26. The summed E-state index contributed by atoms with van der Waals surface area (Å²) in [6, 6.07) is 11.3. The van der Waals surface area contributed by atoms with Crippen LogP contribution in [0, 0.1) is 0 Å². The second kappa shape index (κ2) is 6.36. The summed E-state index contributed by atoms with van der Waals surface area (Å²) >= 11 is 11.9. The maximum atomic E-state index is 11.5. The molecule has 1 N–H and O–H groups in total. The second-order valence-corrected chi connectivity index (χ2v) is 7.66. The Labute approximate surface area is 134 Å². The van der Waals surface area contributed by atoms with Gasteiger partial charge in [0.2, 0.25) is 0 Å². The molecule has 2 rings (SSSR count). The number of hydrogen-bond donors (Lipinski definition) is 1. The first kappa shape index (κ1) is 16.3. The molecule has 0 fully saturated rings. The van der Waals surface area contributed by atoms with Crippen LogP contribution < -0.4 is 0 Å². The summed E-state index contributed by atoms with van der Waals surface area (Å²) in [7, 11) is -3.30. The highest BCUT2D eigenvalue weighted by Crippen LogP contribution is 2.27. The third-order valence-corrected chi connectivity index (χ3v) is 4.80. The van der Waals surface area contributed by atoms with Crippen LogP contribution in [0.1, 0.15) is 17.2 Å². The van der Waals surface area contributed by atoms with E-state index in [-0.39, 0.29) is 11.3 Å². The molecule has 1 unspecified atom stereocenters. The summed E-state index contributed by atoms with van der Waals surface area (Å²) in [5, 5.41) is 11.3. The summed E-state index contributed by atoms with van der Waals surface area (Å²) in [5.74, 6) is 0. The van der Waals surface area contributed by atoms with Crippen LogP contribution in [0.2, 0.25) is 10.0 Å². The van der Waals surface area contributed by atoms with E-state index in [9.17, 15) is 13.5 Å². The van der Waals surface area contributed by atoms with E-state index in [2.05, 4.69) is 0 Å². The van der Waals surface area contributed by atoms with Crippen LogP contribution in [0.4, 0.5) is 0 Å². The van der Waals surface area contributed by atoms with Crippen LogP contribution in [0.5, 0.6) is 0 Å². The monoisotopic (exact) mass is 344 g/mol. The van der Waals surface area contributed by atoms with Gasteiger partial charge in [-0.25, -0.2) is 8.42 Å². The Kier molecular flexibility index (Phi) is 4.94. The number of aliphatic hydroxyl groups excluding tert-OH is 1. The van der Waals surface area contributed by atoms with Crippen molar-refractivity contribution in [3.63, 3.8) is 0 Å². The van der Waals surface area contributed by atoms with Crippen molar-refractivity contribution < 1.29 is 13.5 Å². The van der Waals surface area contributed by atoms with Crippen molar-refractivity contribution in [1.29, 1.82) is 0 Å². The van der Waals surface area contributed by atoms with Crippen molar-refractivity contribution in [1.82, 2.24) is 0 Å². The van der Waals surface area contributed by atoms with E-state index in [4.69, 9.17) is 23.2 Å². The van der Waals surface area contributed by atoms with Crippen LogP contribution in [-0.2, 0) is 16.3 Å². The minimum atomic E-state index is -3.30. The molecule has 0 aliphatic rings. The first-order valence-electron chi connectivity index (χ1n) is 6.19. The number of aliphatic hydroxyl groups is 1. The van der Waals surface area contributed by atoms with Gasteiger partial charge in [-0.3, -0.25) is 0 Å². The third-order valence-electron chi connectivity index (χ3n) is 3.10. The summed E-state index contributed by atoms with van der Waals surface area (Å²) in [6.45, 7) is 0. The van der Waals surface area contributed by atoms with Gasteiger partial charge >= 0.3 is 0 Å². The molecule has 2 aromatic rings. The summed E-state index contributed by atoms with van der Waals surface area (Å²) < 4.78 is 23.1. The molecular formula is C15H14Cl2O3S. The lowest BCUT2D eigenvalue weighted by Crippen LogP contribution is -2.04. The third kappa shape index (κ3) is 4.20. The molecule has 112 valence electrons. The molecule has 0 radical (unpaired) electrons. The van der Waals surface area contributed by atoms with E-state index in [0.717, 1.165) is 11.8 Å². The molecule has 1 atom stereocenters. The average molecular weight is 345 g/mol. The number of hydrogen-bond acceptors (Lipinski definition) is 3. The topological polar surface area (TPSA) is 54.4 Å². The van der Waals surface area contributed by atoms with Gasteiger partial charge in [-0.1, -0.05) is 41.4 Å². The van der Waals surface area contributed by atoms with E-state index in [1.807, 2.05) is 0 Å². The average Bonchev–Trinajstić information content (AvgIpc) is 2.41. The summed E-state index contributed by atoms with van der Waals surface area (Å²) in [5.41, 5.74) is 1.28. The van der Waals surface area contributed by atoms with Crippen LogP contribution >= 0.6 is 23.2 Å². The van der Waals surface area contributed by atoms with Crippen LogP contribution in [0.15, 0.2) is 47.4 Å². The number of benzene rings is 2. The molecular weight excluding hydrogens is 331 g/mol. The zero-order valence-corrected chi connectivity index (χ0v) is 13.6. The minimum Gasteiger partial charge on any atom is -0.388 e. The molecule has 0 spiro atoms. The van der Waals surface area contributed by atoms with Gasteiger partial charge in [-0.2, -0.15) is 0 Å². The fourth-order valence-corrected chi connectivity index (χ4v) is 3.13. The Morgan fingerprint density at radius 2 is 1.86 bits per heavy atom. The van der Waals surface area contributed by atoms with Crippen LogP contribution in [0.25, 0.3) is 0 Å². The minimum absolute atomic E-state index is 0.182. The SMILES string of the molecule is CS(=O)(=O)c1cccc(C(O)Cc2ccc(Cl)cc2Cl)c1. The molecule has 3 nitrogen and oxygen atoms in total. The highest BCUT2D eigenvalue weighted by Gasteiger charge is 2.14. The van der Waals surface area contributed by atoms with Crippen molar-refractivity contribution in [3.05, 3.63) is 63.6 Å². The molecule has 0 aromatic heterocycles. The van der Waals surface area contributed by atoms with Crippen molar-refractivity contribution >= 4 is 33.0 Å². The lowest BCUT2D eigenvalue weighted by molar-refractivity contribution is 0.178. The van der Waals surface area contributed by atoms with Gasteiger partial charge in [0, 0.05) is 22.7 Å². The summed E-state index contributed by atoms with van der Waals surface area (Å²) in [6.07, 6.45) is 0.572. The van der Waals surface area contributed by atoms with Gasteiger partial charge in [-0.05, 0) is 35.4 Å². The normalized spacial score (nSPS) is 13.1. The Morgan fingerprint density at radius 1 is 1.14 bits per heavy atom. The smallest absolute Gasteiger partial charge is 0.175 e. The highest BCUT2D eigenvalue weighted by atomic mass is 35.5. The quantitative estimate of drug-likeness (QED) is 0.920. The van der Waals surface area contributed by atoms with E-state index in [1.54, 1.807) is 30.3 Å². The van der Waals surface area contributed by atoms with Crippen molar-refractivity contribution in [2.75, 3.05) is 6.26 Å². The lowest BCUT2D eigenvalue weighted by Gasteiger charge is -2.13. The van der Waals surface area contributed by atoms with E-state index in [0.29, 0.717) is 15.6 Å². The highest BCUT2D eigenvalue weighted by molar-refractivity contribution is 7.90. The predicted molar refractivity (Wildman–Crippen MR) is 84.7 cm³/mol. The second-order valence-electron chi connectivity index (χ2n) is 4.80. The Morgan fingerprint density at radius 3 is 2.48 bits per heavy atom. The van der Waals surface area contributed by atoms with Gasteiger partial charge in [0.05, 0.1) is 11.0 Å². The molecule has 0 saturated carbocycles. The van der Waals surface area contributed by atoms with Gasteiger partial charge in [0.25, 0.3) is 0 Å². The largest absolute Gasteiger partial charge is 0.388 e. The maximum absolute atomic E-state index is 11.5. The van der Waals surface area contributed by atoms with Crippen LogP contribution in [-0.4, -0.2) is 19.8 Å². The standard InChI is InChI=1S/C15H14Cl2O3S/c1-21(19,20)13-4-2-3-11(7-13)15(18)8-10-5-6-12(16)9-14(10)17/h2-7,9,15,18H,8H2,1H3. The number of rotatable bonds is 4. The molecule has 21 heavy (non-hydrogen) atoms. The van der Waals surface area contributed by atoms with Crippen molar-refractivity contribution in [2.24, 2.45) is 0 Å². The molecule has 0 aliphatic heterocycles. The first-order chi connectivity index (χ1) is 9.77. The predicted octanol–water partition coefficient (Wildman–Crippen LogP) is 3.67. The van der Waals surface area contributed by atoms with Crippen molar-refractivity contribution in [3.8, 4) is 0 Å². The number of halogens is 2. The lowest BCUT2D eigenvalue weighted by atomic mass is 10.0. The first-order valence-corrected chi connectivity index (χ1v) is 8.84.